The van der Waals surface area contributed by atoms with Gasteiger partial charge in [0.1, 0.15) is 0 Å². The van der Waals surface area contributed by atoms with Crippen molar-refractivity contribution in [2.75, 3.05) is 13.2 Å². The molecule has 0 spiro atoms. The molecule has 0 rings (SSSR count). The molecular formula is C9H19NO3. The predicted octanol–water partition coefficient (Wildman–Crippen LogP) is 0.995. The first-order chi connectivity index (χ1) is 6.22. The number of nitrogens with two attached hydrogens (primary N) is 1. The number of carbonyl (C=O) groups is 1. The van der Waals surface area contributed by atoms with Gasteiger partial charge in [0.2, 0.25) is 0 Å². The minimum atomic E-state index is -0.874. The average molecular weight is 189 g/mol. The van der Waals surface area contributed by atoms with Gasteiger partial charge in [-0.25, -0.2) is 4.79 Å². The molecule has 4 heteroatoms. The molecule has 0 aliphatic carbocycles. The molecule has 0 saturated heterocycles. The molecule has 0 bridgehead atoms. The third-order valence-electron chi connectivity index (χ3n) is 1.81. The lowest BCUT2D eigenvalue weighted by molar-refractivity contribution is -0.150. The Kier molecular flexibility index (Phi) is 7.63. The molecule has 0 aromatic rings. The van der Waals surface area contributed by atoms with E-state index in [9.17, 15) is 4.79 Å². The van der Waals surface area contributed by atoms with Crippen molar-refractivity contribution in [2.45, 2.75) is 38.7 Å². The van der Waals surface area contributed by atoms with Crippen LogP contribution in [-0.4, -0.2) is 30.3 Å². The molecule has 1 unspecified atom stereocenters. The Hall–Kier alpha value is -0.610. The van der Waals surface area contributed by atoms with E-state index in [1.54, 1.807) is 6.92 Å². The fourth-order valence-corrected chi connectivity index (χ4v) is 1.01. The Bertz CT molecular complexity index is 139. The van der Waals surface area contributed by atoms with E-state index in [1.807, 2.05) is 0 Å². The predicted molar refractivity (Wildman–Crippen MR) is 50.6 cm³/mol. The number of ether oxygens (including phenoxy) is 1. The van der Waals surface area contributed by atoms with Crippen molar-refractivity contribution in [1.29, 1.82) is 0 Å². The van der Waals surface area contributed by atoms with E-state index < -0.39 is 12.1 Å². The van der Waals surface area contributed by atoms with Crippen molar-refractivity contribution in [3.63, 3.8) is 0 Å². The van der Waals surface area contributed by atoms with Gasteiger partial charge in [0.05, 0.1) is 0 Å². The zero-order valence-electron chi connectivity index (χ0n) is 8.16. The van der Waals surface area contributed by atoms with Crippen LogP contribution in [0, 0.1) is 0 Å². The second-order valence-electron chi connectivity index (χ2n) is 2.96. The largest absolute Gasteiger partial charge is 0.479 e. The van der Waals surface area contributed by atoms with E-state index in [-0.39, 0.29) is 0 Å². The van der Waals surface area contributed by atoms with Gasteiger partial charge in [-0.05, 0) is 32.2 Å². The number of aliphatic carboxylic acids is 1. The molecule has 0 aromatic heterocycles. The third kappa shape index (κ3) is 6.54. The second kappa shape index (κ2) is 8.01. The van der Waals surface area contributed by atoms with Crippen molar-refractivity contribution in [2.24, 2.45) is 5.73 Å². The summed E-state index contributed by atoms with van der Waals surface area (Å²) < 4.78 is 5.16. The van der Waals surface area contributed by atoms with Gasteiger partial charge in [0.25, 0.3) is 0 Å². The first-order valence-corrected chi connectivity index (χ1v) is 4.76. The standard InChI is InChI=1S/C9H19NO3/c1-2-8(9(11)12)13-7-5-3-4-6-10/h8H,2-7,10H2,1H3,(H,11,12). The molecule has 3 N–H and O–H groups in total. The van der Waals surface area contributed by atoms with E-state index in [2.05, 4.69) is 0 Å². The summed E-state index contributed by atoms with van der Waals surface area (Å²) in [5.41, 5.74) is 5.31. The number of unbranched alkanes of at least 4 members (excludes halogenated alkanes) is 2. The van der Waals surface area contributed by atoms with Gasteiger partial charge in [0, 0.05) is 6.61 Å². The van der Waals surface area contributed by atoms with E-state index >= 15 is 0 Å². The summed E-state index contributed by atoms with van der Waals surface area (Å²) in [6.45, 7) is 3.01. The quantitative estimate of drug-likeness (QED) is 0.559. The Balaban J connectivity index is 3.33. The second-order valence-corrected chi connectivity index (χ2v) is 2.96. The molecule has 78 valence electrons. The molecule has 13 heavy (non-hydrogen) atoms. The van der Waals surface area contributed by atoms with Crippen LogP contribution in [0.1, 0.15) is 32.6 Å². The normalized spacial score (nSPS) is 12.8. The lowest BCUT2D eigenvalue weighted by Gasteiger charge is -2.10. The molecule has 0 aromatic carbocycles. The van der Waals surface area contributed by atoms with E-state index in [4.69, 9.17) is 15.6 Å². The minimum Gasteiger partial charge on any atom is -0.479 e. The molecular weight excluding hydrogens is 170 g/mol. The molecule has 0 heterocycles. The maximum atomic E-state index is 10.5. The topological polar surface area (TPSA) is 72.5 Å². The fraction of sp³-hybridized carbons (Fsp3) is 0.889. The zero-order chi connectivity index (χ0) is 10.1. The number of carboxylic acids is 1. The Morgan fingerprint density at radius 1 is 1.46 bits per heavy atom. The Morgan fingerprint density at radius 3 is 2.62 bits per heavy atom. The van der Waals surface area contributed by atoms with Crippen LogP contribution in [0.2, 0.25) is 0 Å². The van der Waals surface area contributed by atoms with E-state index in [0.717, 1.165) is 19.3 Å². The van der Waals surface area contributed by atoms with Gasteiger partial charge >= 0.3 is 5.97 Å². The van der Waals surface area contributed by atoms with Crippen molar-refractivity contribution in [1.82, 2.24) is 0 Å². The molecule has 4 nitrogen and oxygen atoms in total. The van der Waals surface area contributed by atoms with Crippen molar-refractivity contribution >= 4 is 5.97 Å². The maximum Gasteiger partial charge on any atom is 0.332 e. The zero-order valence-corrected chi connectivity index (χ0v) is 8.16. The highest BCUT2D eigenvalue weighted by atomic mass is 16.5. The first kappa shape index (κ1) is 12.4. The lowest BCUT2D eigenvalue weighted by Crippen LogP contribution is -2.23. The maximum absolute atomic E-state index is 10.5. The van der Waals surface area contributed by atoms with Crippen LogP contribution in [0.3, 0.4) is 0 Å². The van der Waals surface area contributed by atoms with Crippen LogP contribution in [0.5, 0.6) is 0 Å². The van der Waals surface area contributed by atoms with Crippen LogP contribution in [0.15, 0.2) is 0 Å². The van der Waals surface area contributed by atoms with Crippen LogP contribution >= 0.6 is 0 Å². The molecule has 0 fully saturated rings. The van der Waals surface area contributed by atoms with Gasteiger partial charge in [-0.3, -0.25) is 0 Å². The number of hydrogen-bond acceptors (Lipinski definition) is 3. The molecule has 0 radical (unpaired) electrons. The smallest absolute Gasteiger partial charge is 0.332 e. The summed E-state index contributed by atoms with van der Waals surface area (Å²) in [5.74, 6) is -0.874. The molecule has 0 amide bonds. The van der Waals surface area contributed by atoms with Crippen LogP contribution < -0.4 is 5.73 Å². The summed E-state index contributed by atoms with van der Waals surface area (Å²) in [5, 5.41) is 8.63. The first-order valence-electron chi connectivity index (χ1n) is 4.76. The average Bonchev–Trinajstić information content (AvgIpc) is 2.10. The van der Waals surface area contributed by atoms with Crippen molar-refractivity contribution in [3.05, 3.63) is 0 Å². The fourth-order valence-electron chi connectivity index (χ4n) is 1.01. The van der Waals surface area contributed by atoms with Crippen molar-refractivity contribution < 1.29 is 14.6 Å². The van der Waals surface area contributed by atoms with Gasteiger partial charge in [-0.15, -0.1) is 0 Å². The van der Waals surface area contributed by atoms with Gasteiger partial charge in [-0.2, -0.15) is 0 Å². The van der Waals surface area contributed by atoms with Crippen LogP contribution in [0.4, 0.5) is 0 Å². The highest BCUT2D eigenvalue weighted by Gasteiger charge is 2.14. The lowest BCUT2D eigenvalue weighted by atomic mass is 10.2. The van der Waals surface area contributed by atoms with Crippen LogP contribution in [0.25, 0.3) is 0 Å². The third-order valence-corrected chi connectivity index (χ3v) is 1.81. The SMILES string of the molecule is CCC(OCCCCCN)C(=O)O. The van der Waals surface area contributed by atoms with Gasteiger partial charge in [-0.1, -0.05) is 6.92 Å². The number of hydrogen-bond donors (Lipinski definition) is 2. The molecule has 0 aliphatic rings. The summed E-state index contributed by atoms with van der Waals surface area (Å²) in [6, 6.07) is 0. The molecule has 0 aliphatic heterocycles. The van der Waals surface area contributed by atoms with Crippen LogP contribution in [-0.2, 0) is 9.53 Å². The highest BCUT2D eigenvalue weighted by Crippen LogP contribution is 2.01. The van der Waals surface area contributed by atoms with Gasteiger partial charge < -0.3 is 15.6 Å². The Morgan fingerprint density at radius 2 is 2.15 bits per heavy atom. The van der Waals surface area contributed by atoms with E-state index in [0.29, 0.717) is 19.6 Å². The number of carboxylic acid groups (broad SMARTS) is 1. The minimum absolute atomic E-state index is 0.519. The van der Waals surface area contributed by atoms with E-state index in [1.165, 1.54) is 0 Å². The summed E-state index contributed by atoms with van der Waals surface area (Å²) in [7, 11) is 0. The molecule has 0 saturated carbocycles. The summed E-state index contributed by atoms with van der Waals surface area (Å²) in [6.07, 6.45) is 2.75. The molecule has 1 atom stereocenters. The number of rotatable bonds is 8. The van der Waals surface area contributed by atoms with Crippen molar-refractivity contribution in [3.8, 4) is 0 Å². The summed E-state index contributed by atoms with van der Waals surface area (Å²) in [4.78, 5) is 10.5. The van der Waals surface area contributed by atoms with Gasteiger partial charge in [0.15, 0.2) is 6.10 Å². The Labute approximate surface area is 79.1 Å². The summed E-state index contributed by atoms with van der Waals surface area (Å²) >= 11 is 0. The highest BCUT2D eigenvalue weighted by molar-refractivity contribution is 5.72. The monoisotopic (exact) mass is 189 g/mol.